The SMILES string of the molecule is COCc1cc(Sc2nnc(C3CC3)s2)nc(C(C)(C)C)n1. The van der Waals surface area contributed by atoms with E-state index in [0.29, 0.717) is 12.5 Å². The Bertz CT molecular complexity index is 662. The van der Waals surface area contributed by atoms with Gasteiger partial charge < -0.3 is 4.74 Å². The standard InChI is InChI=1S/C15H20N4OS2/c1-15(2,3)13-16-10(8-20-4)7-11(17-13)21-14-19-18-12(22-14)9-5-6-9/h7,9H,5-6,8H2,1-4H3. The van der Waals surface area contributed by atoms with E-state index in [-0.39, 0.29) is 5.41 Å². The third-order valence-electron chi connectivity index (χ3n) is 3.26. The van der Waals surface area contributed by atoms with Crippen molar-refractivity contribution in [1.82, 2.24) is 20.2 Å². The Morgan fingerprint density at radius 1 is 1.27 bits per heavy atom. The molecule has 0 saturated heterocycles. The highest BCUT2D eigenvalue weighted by molar-refractivity contribution is 8.01. The van der Waals surface area contributed by atoms with Gasteiger partial charge in [0.25, 0.3) is 0 Å². The fraction of sp³-hybridized carbons (Fsp3) is 0.600. The van der Waals surface area contributed by atoms with Crippen LogP contribution >= 0.6 is 23.1 Å². The van der Waals surface area contributed by atoms with Crippen LogP contribution in [0.25, 0.3) is 0 Å². The van der Waals surface area contributed by atoms with Gasteiger partial charge in [-0.2, -0.15) is 0 Å². The van der Waals surface area contributed by atoms with Gasteiger partial charge in [-0.05, 0) is 30.7 Å². The molecule has 1 saturated carbocycles. The predicted octanol–water partition coefficient (Wildman–Crippen LogP) is 3.80. The molecule has 118 valence electrons. The average molecular weight is 336 g/mol. The number of aromatic nitrogens is 4. The van der Waals surface area contributed by atoms with Gasteiger partial charge in [-0.3, -0.25) is 0 Å². The highest BCUT2D eigenvalue weighted by atomic mass is 32.2. The molecule has 0 bridgehead atoms. The summed E-state index contributed by atoms with van der Waals surface area (Å²) in [6.07, 6.45) is 2.50. The maximum absolute atomic E-state index is 5.22. The monoisotopic (exact) mass is 336 g/mol. The van der Waals surface area contributed by atoms with Crippen molar-refractivity contribution in [3.05, 3.63) is 22.6 Å². The molecule has 0 N–H and O–H groups in total. The van der Waals surface area contributed by atoms with Crippen LogP contribution in [0.1, 0.15) is 56.1 Å². The molecule has 22 heavy (non-hydrogen) atoms. The molecule has 1 aliphatic rings. The fourth-order valence-corrected chi connectivity index (χ4v) is 3.94. The minimum absolute atomic E-state index is 0.0979. The molecule has 2 aromatic heterocycles. The van der Waals surface area contributed by atoms with Crippen LogP contribution in [0.2, 0.25) is 0 Å². The lowest BCUT2D eigenvalue weighted by molar-refractivity contribution is 0.180. The molecule has 1 fully saturated rings. The van der Waals surface area contributed by atoms with Crippen molar-refractivity contribution < 1.29 is 4.74 Å². The van der Waals surface area contributed by atoms with E-state index in [1.54, 1.807) is 30.2 Å². The molecule has 0 unspecified atom stereocenters. The van der Waals surface area contributed by atoms with Crippen LogP contribution in [-0.4, -0.2) is 27.3 Å². The third-order valence-corrected chi connectivity index (χ3v) is 5.31. The Labute approximate surface area is 138 Å². The molecule has 0 spiro atoms. The molecule has 0 atom stereocenters. The average Bonchev–Trinajstić information content (AvgIpc) is 3.19. The summed E-state index contributed by atoms with van der Waals surface area (Å²) in [6.45, 7) is 6.83. The van der Waals surface area contributed by atoms with Gasteiger partial charge in [-0.25, -0.2) is 9.97 Å². The Kier molecular flexibility index (Phi) is 4.47. The van der Waals surface area contributed by atoms with Crippen molar-refractivity contribution >= 4 is 23.1 Å². The topological polar surface area (TPSA) is 60.8 Å². The van der Waals surface area contributed by atoms with E-state index in [0.717, 1.165) is 25.9 Å². The second-order valence-corrected chi connectivity index (χ2v) is 8.76. The van der Waals surface area contributed by atoms with Crippen molar-refractivity contribution in [3.8, 4) is 0 Å². The zero-order valence-electron chi connectivity index (χ0n) is 13.3. The molecule has 0 aliphatic heterocycles. The van der Waals surface area contributed by atoms with Crippen molar-refractivity contribution in [2.24, 2.45) is 0 Å². The minimum Gasteiger partial charge on any atom is -0.378 e. The van der Waals surface area contributed by atoms with Crippen molar-refractivity contribution in [2.45, 2.75) is 60.9 Å². The molecule has 3 rings (SSSR count). The lowest BCUT2D eigenvalue weighted by Crippen LogP contribution is -2.17. The van der Waals surface area contributed by atoms with Crippen LogP contribution in [0.15, 0.2) is 15.4 Å². The molecule has 5 nitrogen and oxygen atoms in total. The third kappa shape index (κ3) is 3.83. The Balaban J connectivity index is 1.85. The molecule has 1 aliphatic carbocycles. The van der Waals surface area contributed by atoms with E-state index in [9.17, 15) is 0 Å². The van der Waals surface area contributed by atoms with E-state index in [1.165, 1.54) is 12.8 Å². The Morgan fingerprint density at radius 3 is 2.68 bits per heavy atom. The normalized spacial score (nSPS) is 15.3. The summed E-state index contributed by atoms with van der Waals surface area (Å²) in [6, 6.07) is 1.97. The summed E-state index contributed by atoms with van der Waals surface area (Å²) in [5, 5.41) is 10.6. The molecule has 2 heterocycles. The lowest BCUT2D eigenvalue weighted by atomic mass is 9.96. The van der Waals surface area contributed by atoms with E-state index in [1.807, 2.05) is 6.07 Å². The lowest BCUT2D eigenvalue weighted by Gasteiger charge is -2.18. The Hall–Kier alpha value is -1.05. The van der Waals surface area contributed by atoms with Gasteiger partial charge in [0.15, 0.2) is 4.34 Å². The number of rotatable bonds is 5. The summed E-state index contributed by atoms with van der Waals surface area (Å²) in [5.41, 5.74) is 0.802. The highest BCUT2D eigenvalue weighted by Crippen LogP contribution is 2.43. The van der Waals surface area contributed by atoms with Gasteiger partial charge in [0.05, 0.1) is 12.3 Å². The first-order valence-corrected chi connectivity index (χ1v) is 8.97. The zero-order chi connectivity index (χ0) is 15.7. The van der Waals surface area contributed by atoms with Crippen LogP contribution < -0.4 is 0 Å². The minimum atomic E-state index is -0.0979. The number of hydrogen-bond donors (Lipinski definition) is 0. The maximum Gasteiger partial charge on any atom is 0.180 e. The van der Waals surface area contributed by atoms with Crippen LogP contribution in [0.5, 0.6) is 0 Å². The Morgan fingerprint density at radius 2 is 2.05 bits per heavy atom. The maximum atomic E-state index is 5.22. The van der Waals surface area contributed by atoms with E-state index < -0.39 is 0 Å². The van der Waals surface area contributed by atoms with Gasteiger partial charge in [-0.1, -0.05) is 32.1 Å². The van der Waals surface area contributed by atoms with Crippen molar-refractivity contribution in [3.63, 3.8) is 0 Å². The van der Waals surface area contributed by atoms with Crippen molar-refractivity contribution in [2.75, 3.05) is 7.11 Å². The molecule has 0 radical (unpaired) electrons. The molecule has 2 aromatic rings. The number of hydrogen-bond acceptors (Lipinski definition) is 7. The number of methoxy groups -OCH3 is 1. The number of ether oxygens (including phenoxy) is 1. The first kappa shape index (κ1) is 15.8. The van der Waals surface area contributed by atoms with Gasteiger partial charge in [0, 0.05) is 18.4 Å². The van der Waals surface area contributed by atoms with Gasteiger partial charge in [0.1, 0.15) is 15.9 Å². The summed E-state index contributed by atoms with van der Waals surface area (Å²) < 4.78 is 6.17. The van der Waals surface area contributed by atoms with Gasteiger partial charge in [-0.15, -0.1) is 10.2 Å². The fourth-order valence-electron chi connectivity index (χ4n) is 1.93. The number of nitrogens with zero attached hydrogens (tertiary/aromatic N) is 4. The van der Waals surface area contributed by atoms with E-state index >= 15 is 0 Å². The van der Waals surface area contributed by atoms with Crippen molar-refractivity contribution in [1.29, 1.82) is 0 Å². The summed E-state index contributed by atoms with van der Waals surface area (Å²) in [5.74, 6) is 1.47. The summed E-state index contributed by atoms with van der Waals surface area (Å²) >= 11 is 3.24. The molecular formula is C15H20N4OS2. The molecule has 0 amide bonds. The van der Waals surface area contributed by atoms with Gasteiger partial charge >= 0.3 is 0 Å². The summed E-state index contributed by atoms with van der Waals surface area (Å²) in [7, 11) is 1.68. The van der Waals surface area contributed by atoms with E-state index in [4.69, 9.17) is 4.74 Å². The zero-order valence-corrected chi connectivity index (χ0v) is 14.9. The quantitative estimate of drug-likeness (QED) is 0.774. The first-order chi connectivity index (χ1) is 10.5. The van der Waals surface area contributed by atoms with Crippen LogP contribution in [0.3, 0.4) is 0 Å². The second-order valence-electron chi connectivity index (χ2n) is 6.49. The molecule has 7 heteroatoms. The van der Waals surface area contributed by atoms with Crippen LogP contribution in [0.4, 0.5) is 0 Å². The van der Waals surface area contributed by atoms with E-state index in [2.05, 4.69) is 40.9 Å². The molecular weight excluding hydrogens is 316 g/mol. The molecule has 0 aromatic carbocycles. The summed E-state index contributed by atoms with van der Waals surface area (Å²) in [4.78, 5) is 9.28. The largest absolute Gasteiger partial charge is 0.378 e. The predicted molar refractivity (Wildman–Crippen MR) is 87.5 cm³/mol. The second kappa shape index (κ2) is 6.22. The van der Waals surface area contributed by atoms with Crippen LogP contribution in [0, 0.1) is 0 Å². The highest BCUT2D eigenvalue weighted by Gasteiger charge is 2.28. The smallest absolute Gasteiger partial charge is 0.180 e. The first-order valence-electron chi connectivity index (χ1n) is 7.34. The van der Waals surface area contributed by atoms with Crippen LogP contribution in [-0.2, 0) is 16.8 Å². The van der Waals surface area contributed by atoms with Gasteiger partial charge in [0.2, 0.25) is 0 Å².